The van der Waals surface area contributed by atoms with Crippen molar-refractivity contribution >= 4 is 6.41 Å². The number of nitrogens with zero attached hydrogens (tertiary/aromatic N) is 3. The Hall–Kier alpha value is -2.66. The summed E-state index contributed by atoms with van der Waals surface area (Å²) in [5, 5.41) is 0. The lowest BCUT2D eigenvalue weighted by Crippen LogP contribution is -2.35. The fourth-order valence-corrected chi connectivity index (χ4v) is 3.27. The average molecular weight is 426 g/mol. The molecule has 0 fully saturated rings. The molecule has 1 atom stereocenters. The van der Waals surface area contributed by atoms with E-state index in [4.69, 9.17) is 4.74 Å². The summed E-state index contributed by atoms with van der Waals surface area (Å²) < 4.78 is 7.84. The van der Waals surface area contributed by atoms with Gasteiger partial charge in [-0.05, 0) is 47.1 Å². The maximum absolute atomic E-state index is 10.3. The lowest BCUT2D eigenvalue weighted by Gasteiger charge is -2.25. The highest BCUT2D eigenvalue weighted by Crippen LogP contribution is 2.21. The minimum atomic E-state index is -0.0353. The van der Waals surface area contributed by atoms with Gasteiger partial charge >= 0.3 is 0 Å². The molecule has 1 heterocycles. The van der Waals surface area contributed by atoms with E-state index < -0.39 is 0 Å². The number of aromatic nitrogens is 2. The Morgan fingerprint density at radius 1 is 1.16 bits per heavy atom. The monoisotopic (exact) mass is 425 g/mol. The van der Waals surface area contributed by atoms with Crippen molar-refractivity contribution in [2.24, 2.45) is 0 Å². The summed E-state index contributed by atoms with van der Waals surface area (Å²) in [4.78, 5) is 16.6. The maximum atomic E-state index is 10.3. The maximum Gasteiger partial charge on any atom is 0.210 e. The first-order valence-corrected chi connectivity index (χ1v) is 10.9. The van der Waals surface area contributed by atoms with E-state index in [-0.39, 0.29) is 6.10 Å². The number of carbonyl (C=O) groups excluding carboxylic acids is 1. The minimum Gasteiger partial charge on any atom is -0.373 e. The second-order valence-corrected chi connectivity index (χ2v) is 8.11. The zero-order valence-electron chi connectivity index (χ0n) is 20.2. The van der Waals surface area contributed by atoms with Gasteiger partial charge in [-0.25, -0.2) is 4.98 Å². The molecular formula is C26H39N3O2. The van der Waals surface area contributed by atoms with Crippen LogP contribution in [-0.4, -0.2) is 40.1 Å². The van der Waals surface area contributed by atoms with Crippen molar-refractivity contribution in [1.82, 2.24) is 14.5 Å². The standard InChI is InChI=1S/C19H24N2O.C7H15NO/c1-4-5-9-16(2)15-21-13-12-20-19(21)18(22-3)14-17-10-7-6-8-11-17;1-6(2)8(5-9)7(3)4/h4-13,18H,14-15H2,1-3H3;5-7H,1-4H3/b5-4-,16-9+;. The lowest BCUT2D eigenvalue weighted by atomic mass is 10.1. The Bertz CT molecular complexity index is 799. The first-order chi connectivity index (χ1) is 14.8. The molecule has 0 N–H and O–H groups in total. The number of allylic oxidation sites excluding steroid dienone is 4. The smallest absolute Gasteiger partial charge is 0.210 e. The molecular weight excluding hydrogens is 386 g/mol. The summed E-state index contributed by atoms with van der Waals surface area (Å²) in [5.74, 6) is 0.972. The molecule has 2 aromatic rings. The quantitative estimate of drug-likeness (QED) is 0.368. The van der Waals surface area contributed by atoms with E-state index in [9.17, 15) is 4.79 Å². The minimum absolute atomic E-state index is 0.0353. The van der Waals surface area contributed by atoms with Gasteiger partial charge in [0.1, 0.15) is 11.9 Å². The van der Waals surface area contributed by atoms with Crippen LogP contribution in [0.25, 0.3) is 0 Å². The van der Waals surface area contributed by atoms with Crippen molar-refractivity contribution in [3.8, 4) is 0 Å². The van der Waals surface area contributed by atoms with Crippen LogP contribution in [0.4, 0.5) is 0 Å². The summed E-state index contributed by atoms with van der Waals surface area (Å²) in [6.45, 7) is 13.0. The number of hydrogen-bond donors (Lipinski definition) is 0. The molecule has 1 unspecified atom stereocenters. The molecule has 31 heavy (non-hydrogen) atoms. The molecule has 0 aliphatic carbocycles. The largest absolute Gasteiger partial charge is 0.373 e. The number of carbonyl (C=O) groups is 1. The topological polar surface area (TPSA) is 47.4 Å². The van der Waals surface area contributed by atoms with Gasteiger partial charge in [0.05, 0.1) is 0 Å². The number of hydrogen-bond acceptors (Lipinski definition) is 3. The fraction of sp³-hybridized carbons (Fsp3) is 0.462. The third-order valence-corrected chi connectivity index (χ3v) is 4.89. The normalized spacial score (nSPS) is 12.7. The Labute approximate surface area is 188 Å². The number of imidazole rings is 1. The Balaban J connectivity index is 0.000000452. The van der Waals surface area contributed by atoms with Crippen LogP contribution < -0.4 is 0 Å². The fourth-order valence-electron chi connectivity index (χ4n) is 3.27. The third kappa shape index (κ3) is 9.35. The summed E-state index contributed by atoms with van der Waals surface area (Å²) in [6, 6.07) is 11.0. The molecule has 170 valence electrons. The van der Waals surface area contributed by atoms with Crippen LogP contribution in [0.5, 0.6) is 0 Å². The number of methoxy groups -OCH3 is 1. The van der Waals surface area contributed by atoms with Crippen LogP contribution in [0.1, 0.15) is 59.0 Å². The van der Waals surface area contributed by atoms with Crippen LogP contribution >= 0.6 is 0 Å². The Morgan fingerprint density at radius 2 is 1.81 bits per heavy atom. The second-order valence-electron chi connectivity index (χ2n) is 8.11. The molecule has 0 aliphatic rings. The first-order valence-electron chi connectivity index (χ1n) is 10.9. The highest BCUT2D eigenvalue weighted by molar-refractivity contribution is 5.47. The van der Waals surface area contributed by atoms with Crippen LogP contribution in [-0.2, 0) is 22.5 Å². The SMILES string of the molecule is C/C=C\C=C(/C)Cn1ccnc1C(Cc1ccccc1)OC.CC(C)N(C=O)C(C)C. The van der Waals surface area contributed by atoms with Gasteiger partial charge in [0.2, 0.25) is 6.41 Å². The molecule has 0 saturated heterocycles. The van der Waals surface area contributed by atoms with E-state index in [1.165, 1.54) is 11.1 Å². The molecule has 1 aromatic heterocycles. The van der Waals surface area contributed by atoms with Crippen molar-refractivity contribution in [2.75, 3.05) is 7.11 Å². The lowest BCUT2D eigenvalue weighted by molar-refractivity contribution is -0.121. The molecule has 1 aromatic carbocycles. The van der Waals surface area contributed by atoms with Gasteiger partial charge in [-0.3, -0.25) is 4.79 Å². The number of ether oxygens (including phenoxy) is 1. The molecule has 5 nitrogen and oxygen atoms in total. The van der Waals surface area contributed by atoms with E-state index in [1.807, 2.05) is 59.2 Å². The molecule has 0 bridgehead atoms. The van der Waals surface area contributed by atoms with E-state index >= 15 is 0 Å². The van der Waals surface area contributed by atoms with Crippen molar-refractivity contribution in [2.45, 2.75) is 72.7 Å². The molecule has 1 amide bonds. The van der Waals surface area contributed by atoms with Crippen molar-refractivity contribution in [3.05, 3.63) is 77.9 Å². The van der Waals surface area contributed by atoms with Crippen molar-refractivity contribution < 1.29 is 9.53 Å². The van der Waals surface area contributed by atoms with Crippen molar-refractivity contribution in [1.29, 1.82) is 0 Å². The molecule has 2 rings (SSSR count). The molecule has 0 aliphatic heterocycles. The first kappa shape index (κ1) is 26.4. The summed E-state index contributed by atoms with van der Waals surface area (Å²) in [7, 11) is 1.75. The Morgan fingerprint density at radius 3 is 2.29 bits per heavy atom. The average Bonchev–Trinajstić information content (AvgIpc) is 3.19. The molecule has 0 radical (unpaired) electrons. The number of amides is 1. The van der Waals surface area contributed by atoms with Crippen LogP contribution in [0.15, 0.2) is 66.5 Å². The predicted octanol–water partition coefficient (Wildman–Crippen LogP) is 5.60. The molecule has 0 saturated carbocycles. The third-order valence-electron chi connectivity index (χ3n) is 4.89. The van der Waals surface area contributed by atoms with Gasteiger partial charge in [0.15, 0.2) is 0 Å². The van der Waals surface area contributed by atoms with E-state index in [0.29, 0.717) is 12.1 Å². The summed E-state index contributed by atoms with van der Waals surface area (Å²) in [6.07, 6.45) is 11.8. The Kier molecular flexibility index (Phi) is 12.2. The zero-order chi connectivity index (χ0) is 23.2. The van der Waals surface area contributed by atoms with E-state index in [1.54, 1.807) is 12.0 Å². The van der Waals surface area contributed by atoms with Gasteiger partial charge in [-0.2, -0.15) is 0 Å². The van der Waals surface area contributed by atoms with E-state index in [0.717, 1.165) is 25.2 Å². The predicted molar refractivity (Wildman–Crippen MR) is 129 cm³/mol. The van der Waals surface area contributed by atoms with Crippen LogP contribution in [0, 0.1) is 0 Å². The second kappa shape index (κ2) is 14.4. The van der Waals surface area contributed by atoms with Gasteiger partial charge < -0.3 is 14.2 Å². The number of rotatable bonds is 10. The van der Waals surface area contributed by atoms with E-state index in [2.05, 4.69) is 52.9 Å². The zero-order valence-corrected chi connectivity index (χ0v) is 20.2. The summed E-state index contributed by atoms with van der Waals surface area (Å²) >= 11 is 0. The molecule has 5 heteroatoms. The number of benzene rings is 1. The summed E-state index contributed by atoms with van der Waals surface area (Å²) in [5.41, 5.74) is 2.54. The van der Waals surface area contributed by atoms with Crippen LogP contribution in [0.2, 0.25) is 0 Å². The van der Waals surface area contributed by atoms with Gasteiger partial charge in [-0.1, -0.05) is 54.1 Å². The molecule has 0 spiro atoms. The van der Waals surface area contributed by atoms with Gasteiger partial charge in [0, 0.05) is 44.6 Å². The highest BCUT2D eigenvalue weighted by atomic mass is 16.5. The van der Waals surface area contributed by atoms with Crippen LogP contribution in [0.3, 0.4) is 0 Å². The highest BCUT2D eigenvalue weighted by Gasteiger charge is 2.17. The van der Waals surface area contributed by atoms with Gasteiger partial charge in [0.25, 0.3) is 0 Å². The van der Waals surface area contributed by atoms with Crippen molar-refractivity contribution in [3.63, 3.8) is 0 Å². The van der Waals surface area contributed by atoms with Gasteiger partial charge in [-0.15, -0.1) is 0 Å².